The smallest absolute Gasteiger partial charge is 0.397 e. The zero-order valence-electron chi connectivity index (χ0n) is 9.49. The third-order valence-electron chi connectivity index (χ3n) is 4.48. The lowest BCUT2D eigenvalue weighted by Gasteiger charge is -2.42. The first kappa shape index (κ1) is 11.6. The van der Waals surface area contributed by atoms with E-state index in [1.807, 2.05) is 0 Å². The lowest BCUT2D eigenvalue weighted by atomic mass is 9.62. The topological polar surface area (TPSA) is 63.6 Å². The van der Waals surface area contributed by atoms with Crippen LogP contribution in [0.1, 0.15) is 19.3 Å². The van der Waals surface area contributed by atoms with Gasteiger partial charge in [0.05, 0.1) is 0 Å². The molecule has 0 amide bonds. The van der Waals surface area contributed by atoms with Crippen LogP contribution in [0.25, 0.3) is 0 Å². The number of esters is 1. The van der Waals surface area contributed by atoms with Gasteiger partial charge in [-0.1, -0.05) is 6.58 Å². The number of alkyl halides is 2. The minimum absolute atomic E-state index is 0.123. The van der Waals surface area contributed by atoms with E-state index in [9.17, 15) is 18.4 Å². The van der Waals surface area contributed by atoms with Crippen LogP contribution in [0.15, 0.2) is 12.3 Å². The summed E-state index contributed by atoms with van der Waals surface area (Å²) in [6.45, 7) is 2.67. The predicted molar refractivity (Wildman–Crippen MR) is 54.9 cm³/mol. The first-order chi connectivity index (χ1) is 8.27. The minimum atomic E-state index is -4.08. The molecule has 6 heteroatoms. The first-order valence-electron chi connectivity index (χ1n) is 5.80. The van der Waals surface area contributed by atoms with Gasteiger partial charge in [0.2, 0.25) is 0 Å². The summed E-state index contributed by atoms with van der Waals surface area (Å²) in [5, 5.41) is 8.69. The Morgan fingerprint density at radius 2 is 1.94 bits per heavy atom. The maximum atomic E-state index is 13.2. The number of ketones is 1. The van der Waals surface area contributed by atoms with Crippen LogP contribution in [0.5, 0.6) is 0 Å². The van der Waals surface area contributed by atoms with Crippen molar-refractivity contribution in [2.45, 2.75) is 30.8 Å². The number of aliphatic hydroxyl groups excluding tert-OH is 1. The molecular weight excluding hydrogens is 246 g/mol. The number of hydrogen-bond donors (Lipinski definition) is 1. The standard InChI is InChI=1S/C12H12F2O4/c1-5(15)12(13,14)10(17)18-11-2-6-7(3-11)9(16)8(6)4-11/h6-8,15H,1-4H2. The van der Waals surface area contributed by atoms with Gasteiger partial charge in [0.25, 0.3) is 0 Å². The van der Waals surface area contributed by atoms with Gasteiger partial charge in [-0.2, -0.15) is 8.78 Å². The molecule has 3 saturated carbocycles. The van der Waals surface area contributed by atoms with Crippen molar-refractivity contribution < 1.29 is 28.2 Å². The molecule has 0 heterocycles. The Morgan fingerprint density at radius 3 is 2.39 bits per heavy atom. The van der Waals surface area contributed by atoms with Crippen molar-refractivity contribution in [1.82, 2.24) is 0 Å². The van der Waals surface area contributed by atoms with Gasteiger partial charge >= 0.3 is 11.9 Å². The first-order valence-corrected chi connectivity index (χ1v) is 5.80. The van der Waals surface area contributed by atoms with Gasteiger partial charge in [0.1, 0.15) is 11.4 Å². The van der Waals surface area contributed by atoms with Crippen LogP contribution >= 0.6 is 0 Å². The molecule has 2 atom stereocenters. The fourth-order valence-electron chi connectivity index (χ4n) is 3.63. The van der Waals surface area contributed by atoms with E-state index in [-0.39, 0.29) is 23.5 Å². The number of Topliss-reactive ketones (excluding diaryl/α,β-unsaturated/α-hetero) is 1. The van der Waals surface area contributed by atoms with Crippen molar-refractivity contribution in [3.63, 3.8) is 0 Å². The number of carbonyl (C=O) groups is 2. The van der Waals surface area contributed by atoms with E-state index in [0.717, 1.165) is 0 Å². The van der Waals surface area contributed by atoms with Crippen LogP contribution in [0.4, 0.5) is 8.78 Å². The van der Waals surface area contributed by atoms with Crippen LogP contribution in [0.3, 0.4) is 0 Å². The predicted octanol–water partition coefficient (Wildman–Crippen LogP) is 1.60. The van der Waals surface area contributed by atoms with Crippen molar-refractivity contribution in [3.05, 3.63) is 12.3 Å². The average molecular weight is 258 g/mol. The number of rotatable bonds is 3. The summed E-state index contributed by atoms with van der Waals surface area (Å²) < 4.78 is 31.3. The number of carbonyl (C=O) groups excluding carboxylic acids is 2. The minimum Gasteiger partial charge on any atom is -0.506 e. The normalized spacial score (nSPS) is 40.6. The lowest BCUT2D eigenvalue weighted by molar-refractivity contribution is -0.189. The van der Waals surface area contributed by atoms with Gasteiger partial charge in [0.15, 0.2) is 5.76 Å². The highest BCUT2D eigenvalue weighted by molar-refractivity contribution is 5.93. The highest BCUT2D eigenvalue weighted by Gasteiger charge is 2.69. The zero-order valence-corrected chi connectivity index (χ0v) is 9.49. The van der Waals surface area contributed by atoms with E-state index in [4.69, 9.17) is 9.84 Å². The average Bonchev–Trinajstić information content (AvgIpc) is 2.79. The molecule has 18 heavy (non-hydrogen) atoms. The highest BCUT2D eigenvalue weighted by Crippen LogP contribution is 2.64. The number of fused-ring (bicyclic) bond motifs is 1. The van der Waals surface area contributed by atoms with Crippen LogP contribution in [-0.2, 0) is 14.3 Å². The summed E-state index contributed by atoms with van der Waals surface area (Å²) in [5.41, 5.74) is -0.927. The van der Waals surface area contributed by atoms with E-state index in [0.29, 0.717) is 19.3 Å². The van der Waals surface area contributed by atoms with Crippen LogP contribution < -0.4 is 0 Å². The molecule has 0 aliphatic heterocycles. The number of hydrogen-bond acceptors (Lipinski definition) is 4. The fourth-order valence-corrected chi connectivity index (χ4v) is 3.63. The summed E-state index contributed by atoms with van der Waals surface area (Å²) in [5.74, 6) is -7.25. The van der Waals surface area contributed by atoms with E-state index >= 15 is 0 Å². The molecule has 2 unspecified atom stereocenters. The van der Waals surface area contributed by atoms with Crippen LogP contribution in [-0.4, -0.2) is 28.4 Å². The SMILES string of the molecule is C=C(O)C(F)(F)C(=O)OC12CC3C(=O)C(C1)C3C2. The van der Waals surface area contributed by atoms with Crippen molar-refractivity contribution in [2.75, 3.05) is 0 Å². The molecule has 3 fully saturated rings. The second-order valence-corrected chi connectivity index (χ2v) is 5.49. The van der Waals surface area contributed by atoms with Gasteiger partial charge in [-0.3, -0.25) is 4.79 Å². The summed E-state index contributed by atoms with van der Waals surface area (Å²) in [4.78, 5) is 22.8. The third-order valence-corrected chi connectivity index (χ3v) is 4.48. The Bertz CT molecular complexity index is 455. The largest absolute Gasteiger partial charge is 0.506 e. The van der Waals surface area contributed by atoms with E-state index < -0.39 is 23.3 Å². The molecule has 0 aromatic heterocycles. The molecule has 0 radical (unpaired) electrons. The number of aliphatic hydroxyl groups is 1. The molecule has 98 valence electrons. The maximum absolute atomic E-state index is 13.2. The van der Waals surface area contributed by atoms with Gasteiger partial charge in [-0.15, -0.1) is 0 Å². The Kier molecular flexibility index (Phi) is 2.00. The summed E-state index contributed by atoms with van der Waals surface area (Å²) in [7, 11) is 0. The second-order valence-electron chi connectivity index (χ2n) is 5.49. The van der Waals surface area contributed by atoms with Gasteiger partial charge in [0, 0.05) is 11.8 Å². The van der Waals surface area contributed by atoms with Crippen molar-refractivity contribution >= 4 is 11.8 Å². The summed E-state index contributed by atoms with van der Waals surface area (Å²) in [6.07, 6.45) is 1.16. The maximum Gasteiger partial charge on any atom is 0.397 e. The molecule has 4 nitrogen and oxygen atoms in total. The third kappa shape index (κ3) is 1.23. The van der Waals surface area contributed by atoms with Crippen LogP contribution in [0, 0.1) is 17.8 Å². The molecule has 3 aliphatic rings. The van der Waals surface area contributed by atoms with Crippen LogP contribution in [0.2, 0.25) is 0 Å². The van der Waals surface area contributed by atoms with Gasteiger partial charge in [-0.25, -0.2) is 4.79 Å². The Hall–Kier alpha value is -1.46. The van der Waals surface area contributed by atoms with Gasteiger partial charge in [-0.05, 0) is 25.2 Å². The van der Waals surface area contributed by atoms with E-state index in [1.54, 1.807) is 0 Å². The molecule has 3 rings (SSSR count). The van der Waals surface area contributed by atoms with E-state index in [1.165, 1.54) is 0 Å². The fraction of sp³-hybridized carbons (Fsp3) is 0.667. The molecule has 0 saturated heterocycles. The van der Waals surface area contributed by atoms with Gasteiger partial charge < -0.3 is 9.84 Å². The molecule has 1 N–H and O–H groups in total. The quantitative estimate of drug-likeness (QED) is 0.617. The lowest BCUT2D eigenvalue weighted by Crippen LogP contribution is -2.50. The molecule has 2 bridgehead atoms. The Balaban J connectivity index is 1.74. The monoisotopic (exact) mass is 258 g/mol. The molecule has 0 spiro atoms. The molecular formula is C12H12F2O4. The van der Waals surface area contributed by atoms with E-state index in [2.05, 4.69) is 6.58 Å². The molecule has 3 aliphatic carbocycles. The summed E-state index contributed by atoms with van der Waals surface area (Å²) in [6, 6.07) is 0. The highest BCUT2D eigenvalue weighted by atomic mass is 19.3. The van der Waals surface area contributed by atoms with Crippen molar-refractivity contribution in [3.8, 4) is 0 Å². The number of halogens is 2. The molecule has 0 aromatic carbocycles. The van der Waals surface area contributed by atoms with Crippen molar-refractivity contribution in [2.24, 2.45) is 17.8 Å². The molecule has 0 aromatic rings. The number of ether oxygens (including phenoxy) is 1. The van der Waals surface area contributed by atoms with Crippen molar-refractivity contribution in [1.29, 1.82) is 0 Å². The second kappa shape index (κ2) is 3.10. The Labute approximate surface area is 102 Å². The summed E-state index contributed by atoms with van der Waals surface area (Å²) >= 11 is 0. The zero-order chi connectivity index (χ0) is 13.3. The Morgan fingerprint density at radius 1 is 1.39 bits per heavy atom.